The van der Waals surface area contributed by atoms with Crippen molar-refractivity contribution in [3.05, 3.63) is 35.1 Å². The van der Waals surface area contributed by atoms with Crippen molar-refractivity contribution in [1.82, 2.24) is 20.2 Å². The van der Waals surface area contributed by atoms with Gasteiger partial charge in [0.1, 0.15) is 10.3 Å². The second-order valence-corrected chi connectivity index (χ2v) is 5.04. The molecule has 0 aliphatic heterocycles. The van der Waals surface area contributed by atoms with Crippen LogP contribution in [0.5, 0.6) is 0 Å². The molecule has 0 unspecified atom stereocenters. The summed E-state index contributed by atoms with van der Waals surface area (Å²) in [5.41, 5.74) is 1.78. The maximum atomic E-state index is 5.76. The number of thiazole rings is 1. The predicted molar refractivity (Wildman–Crippen MR) is 72.5 cm³/mol. The maximum absolute atomic E-state index is 5.76. The molecule has 5 nitrogen and oxygen atoms in total. The minimum absolute atomic E-state index is 0.379. The standard InChI is InChI=1S/C11H8ClN5S/c1-6-5-8(12)16-17-9(6)15-11-14-7-3-2-4-13-10(7)18-11/h2-5H,1H3,(H,14,15,17). The fourth-order valence-corrected chi connectivity index (χ4v) is 2.51. The Balaban J connectivity index is 1.96. The summed E-state index contributed by atoms with van der Waals surface area (Å²) in [5, 5.41) is 12.0. The molecule has 0 bridgehead atoms. The summed E-state index contributed by atoms with van der Waals surface area (Å²) in [4.78, 5) is 9.54. The van der Waals surface area contributed by atoms with Crippen LogP contribution < -0.4 is 5.32 Å². The first-order valence-electron chi connectivity index (χ1n) is 5.21. The van der Waals surface area contributed by atoms with Crippen LogP contribution in [0.2, 0.25) is 5.15 Å². The molecule has 0 aromatic carbocycles. The fraction of sp³-hybridized carbons (Fsp3) is 0.0909. The lowest BCUT2D eigenvalue weighted by molar-refractivity contribution is 1.02. The van der Waals surface area contributed by atoms with E-state index in [-0.39, 0.29) is 0 Å². The lowest BCUT2D eigenvalue weighted by Gasteiger charge is -2.03. The normalized spacial score (nSPS) is 10.8. The lowest BCUT2D eigenvalue weighted by Crippen LogP contribution is -1.97. The van der Waals surface area contributed by atoms with Crippen LogP contribution in [0, 0.1) is 6.92 Å². The van der Waals surface area contributed by atoms with Gasteiger partial charge >= 0.3 is 0 Å². The summed E-state index contributed by atoms with van der Waals surface area (Å²) in [6.07, 6.45) is 1.75. The van der Waals surface area contributed by atoms with E-state index in [1.54, 1.807) is 12.3 Å². The SMILES string of the molecule is Cc1cc(Cl)nnc1Nc1nc2cccnc2s1. The summed E-state index contributed by atoms with van der Waals surface area (Å²) in [6.45, 7) is 1.91. The summed E-state index contributed by atoms with van der Waals surface area (Å²) >= 11 is 7.23. The third-order valence-electron chi connectivity index (χ3n) is 2.35. The molecule has 0 saturated heterocycles. The Morgan fingerprint density at radius 1 is 1.33 bits per heavy atom. The van der Waals surface area contributed by atoms with Crippen LogP contribution in [0.3, 0.4) is 0 Å². The molecule has 0 spiro atoms. The largest absolute Gasteiger partial charge is 0.314 e. The minimum Gasteiger partial charge on any atom is -0.314 e. The van der Waals surface area contributed by atoms with Gasteiger partial charge in [0.05, 0.1) is 0 Å². The highest BCUT2D eigenvalue weighted by Crippen LogP contribution is 2.27. The number of aryl methyl sites for hydroxylation is 1. The number of aromatic nitrogens is 4. The van der Waals surface area contributed by atoms with Gasteiger partial charge in [-0.3, -0.25) is 0 Å². The molecule has 0 radical (unpaired) electrons. The van der Waals surface area contributed by atoms with E-state index in [1.165, 1.54) is 11.3 Å². The first-order valence-corrected chi connectivity index (χ1v) is 6.40. The van der Waals surface area contributed by atoms with Crippen LogP contribution in [0.4, 0.5) is 10.9 Å². The van der Waals surface area contributed by atoms with Gasteiger partial charge in [0.15, 0.2) is 16.1 Å². The second-order valence-electron chi connectivity index (χ2n) is 3.67. The molecule has 7 heteroatoms. The smallest absolute Gasteiger partial charge is 0.191 e. The molecule has 3 aromatic heterocycles. The van der Waals surface area contributed by atoms with Gasteiger partial charge in [-0.25, -0.2) is 9.97 Å². The van der Waals surface area contributed by atoms with Crippen molar-refractivity contribution >= 4 is 44.2 Å². The zero-order valence-electron chi connectivity index (χ0n) is 9.38. The van der Waals surface area contributed by atoms with E-state index >= 15 is 0 Å². The summed E-state index contributed by atoms with van der Waals surface area (Å²) in [7, 11) is 0. The average molecular weight is 278 g/mol. The first-order chi connectivity index (χ1) is 8.72. The number of nitrogens with zero attached hydrogens (tertiary/aromatic N) is 4. The maximum Gasteiger partial charge on any atom is 0.191 e. The quantitative estimate of drug-likeness (QED) is 0.779. The van der Waals surface area contributed by atoms with Crippen molar-refractivity contribution in [2.75, 3.05) is 5.32 Å². The van der Waals surface area contributed by atoms with Crippen molar-refractivity contribution in [2.24, 2.45) is 0 Å². The molecule has 1 N–H and O–H groups in total. The molecule has 0 saturated carbocycles. The van der Waals surface area contributed by atoms with Crippen LogP contribution in [-0.2, 0) is 0 Å². The minimum atomic E-state index is 0.379. The molecule has 0 amide bonds. The molecule has 3 rings (SSSR count). The highest BCUT2D eigenvalue weighted by molar-refractivity contribution is 7.21. The third-order valence-corrected chi connectivity index (χ3v) is 3.43. The van der Waals surface area contributed by atoms with Crippen LogP contribution in [0.15, 0.2) is 24.4 Å². The fourth-order valence-electron chi connectivity index (χ4n) is 1.50. The van der Waals surface area contributed by atoms with E-state index < -0.39 is 0 Å². The number of halogens is 1. The van der Waals surface area contributed by atoms with Gasteiger partial charge in [0.2, 0.25) is 0 Å². The van der Waals surface area contributed by atoms with Gasteiger partial charge in [-0.15, -0.1) is 10.2 Å². The average Bonchev–Trinajstić information content (AvgIpc) is 2.75. The monoisotopic (exact) mass is 277 g/mol. The van der Waals surface area contributed by atoms with Gasteiger partial charge in [-0.2, -0.15) is 0 Å². The molecular weight excluding hydrogens is 270 g/mol. The van der Waals surface area contributed by atoms with Crippen molar-refractivity contribution in [3.63, 3.8) is 0 Å². The number of rotatable bonds is 2. The van der Waals surface area contributed by atoms with Crippen LogP contribution in [-0.4, -0.2) is 20.2 Å². The van der Waals surface area contributed by atoms with E-state index in [0.717, 1.165) is 21.0 Å². The number of pyridine rings is 1. The summed E-state index contributed by atoms with van der Waals surface area (Å²) in [5.74, 6) is 0.651. The first kappa shape index (κ1) is 11.3. The number of fused-ring (bicyclic) bond motifs is 1. The summed E-state index contributed by atoms with van der Waals surface area (Å²) < 4.78 is 0. The van der Waals surface area contributed by atoms with Crippen LogP contribution in [0.1, 0.15) is 5.56 Å². The second kappa shape index (κ2) is 4.47. The van der Waals surface area contributed by atoms with E-state index in [4.69, 9.17) is 11.6 Å². The summed E-state index contributed by atoms with van der Waals surface area (Å²) in [6, 6.07) is 5.53. The van der Waals surface area contributed by atoms with Crippen molar-refractivity contribution < 1.29 is 0 Å². The highest BCUT2D eigenvalue weighted by Gasteiger charge is 2.07. The molecule has 3 aromatic rings. The van der Waals surface area contributed by atoms with Crippen LogP contribution in [0.25, 0.3) is 10.3 Å². The van der Waals surface area contributed by atoms with Gasteiger partial charge < -0.3 is 5.32 Å². The van der Waals surface area contributed by atoms with Crippen LogP contribution >= 0.6 is 22.9 Å². The van der Waals surface area contributed by atoms with Crippen molar-refractivity contribution in [3.8, 4) is 0 Å². The van der Waals surface area contributed by atoms with Gasteiger partial charge in [0.25, 0.3) is 0 Å². The Kier molecular flexibility index (Phi) is 2.81. The number of hydrogen-bond donors (Lipinski definition) is 1. The molecule has 0 fully saturated rings. The zero-order valence-corrected chi connectivity index (χ0v) is 11.0. The Morgan fingerprint density at radius 2 is 2.22 bits per heavy atom. The highest BCUT2D eigenvalue weighted by atomic mass is 35.5. The Hall–Kier alpha value is -1.79. The number of hydrogen-bond acceptors (Lipinski definition) is 6. The predicted octanol–water partition coefficient (Wildman–Crippen LogP) is 3.19. The molecule has 3 heterocycles. The Morgan fingerprint density at radius 3 is 3.00 bits per heavy atom. The zero-order chi connectivity index (χ0) is 12.5. The van der Waals surface area contributed by atoms with E-state index in [2.05, 4.69) is 25.5 Å². The third kappa shape index (κ3) is 2.12. The number of nitrogens with one attached hydrogen (secondary N) is 1. The molecule has 0 aliphatic carbocycles. The topological polar surface area (TPSA) is 63.6 Å². The van der Waals surface area contributed by atoms with Gasteiger partial charge in [-0.1, -0.05) is 22.9 Å². The van der Waals surface area contributed by atoms with Gasteiger partial charge in [-0.05, 0) is 30.7 Å². The number of anilines is 2. The van der Waals surface area contributed by atoms with E-state index in [9.17, 15) is 0 Å². The van der Waals surface area contributed by atoms with E-state index in [1.807, 2.05) is 19.1 Å². The van der Waals surface area contributed by atoms with Crippen molar-refractivity contribution in [1.29, 1.82) is 0 Å². The molecule has 0 aliphatic rings. The lowest BCUT2D eigenvalue weighted by atomic mass is 10.3. The van der Waals surface area contributed by atoms with Crippen molar-refractivity contribution in [2.45, 2.75) is 6.92 Å². The molecule has 0 atom stereocenters. The molecule has 90 valence electrons. The Labute approximate surface area is 112 Å². The molecule has 18 heavy (non-hydrogen) atoms. The van der Waals surface area contributed by atoms with E-state index in [0.29, 0.717) is 11.0 Å². The molecular formula is C11H8ClN5S. The Bertz CT molecular complexity index is 678. The van der Waals surface area contributed by atoms with Gasteiger partial charge in [0, 0.05) is 6.20 Å².